The quantitative estimate of drug-likeness (QED) is 0.485. The number of nitrogens with zero attached hydrogens (tertiary/aromatic N) is 4. The van der Waals surface area contributed by atoms with Gasteiger partial charge in [-0.2, -0.15) is 0 Å². The molecule has 0 atom stereocenters. The van der Waals surface area contributed by atoms with Crippen LogP contribution in [0.4, 0.5) is 15.9 Å². The third kappa shape index (κ3) is 3.97. The molecule has 34 heavy (non-hydrogen) atoms. The zero-order valence-electron chi connectivity index (χ0n) is 18.6. The Balaban J connectivity index is 1.18. The molecule has 9 heteroatoms. The monoisotopic (exact) mass is 497 g/mol. The van der Waals surface area contributed by atoms with Gasteiger partial charge in [0.15, 0.2) is 0 Å². The first-order valence-electron chi connectivity index (χ1n) is 11.8. The van der Waals surface area contributed by atoms with E-state index < -0.39 is 5.82 Å². The number of amides is 1. The lowest BCUT2D eigenvalue weighted by molar-refractivity contribution is -0.126. The van der Waals surface area contributed by atoms with Crippen LogP contribution >= 0.6 is 22.9 Å². The van der Waals surface area contributed by atoms with Crippen molar-refractivity contribution in [1.82, 2.24) is 19.8 Å². The lowest BCUT2D eigenvalue weighted by Crippen LogP contribution is -2.34. The highest BCUT2D eigenvalue weighted by Gasteiger charge is 2.38. The number of thiophene rings is 1. The van der Waals surface area contributed by atoms with E-state index in [9.17, 15) is 9.18 Å². The van der Waals surface area contributed by atoms with Crippen LogP contribution in [0.5, 0.6) is 0 Å². The minimum atomic E-state index is -0.459. The number of benzene rings is 1. The summed E-state index contributed by atoms with van der Waals surface area (Å²) < 4.78 is 13.5. The maximum atomic E-state index is 13.5. The minimum absolute atomic E-state index is 0.0576. The van der Waals surface area contributed by atoms with Gasteiger partial charge in [0, 0.05) is 41.8 Å². The zero-order chi connectivity index (χ0) is 23.2. The van der Waals surface area contributed by atoms with Gasteiger partial charge in [0.1, 0.15) is 22.8 Å². The molecule has 3 aromatic rings. The molecule has 1 aromatic carbocycles. The molecule has 176 valence electrons. The van der Waals surface area contributed by atoms with E-state index >= 15 is 0 Å². The molecule has 5 heterocycles. The lowest BCUT2D eigenvalue weighted by Gasteiger charge is -2.26. The Bertz CT molecular complexity index is 1270. The number of aromatic nitrogens is 2. The van der Waals surface area contributed by atoms with Crippen LogP contribution in [-0.4, -0.2) is 50.8 Å². The maximum absolute atomic E-state index is 13.5. The summed E-state index contributed by atoms with van der Waals surface area (Å²) in [5.74, 6) is 0.282. The van der Waals surface area contributed by atoms with Gasteiger partial charge in [-0.1, -0.05) is 17.7 Å². The average molecular weight is 498 g/mol. The van der Waals surface area contributed by atoms with Gasteiger partial charge >= 0.3 is 0 Å². The molecule has 1 amide bonds. The number of nitrogens with one attached hydrogen (secondary N) is 1. The van der Waals surface area contributed by atoms with Gasteiger partial charge in [0.25, 0.3) is 0 Å². The van der Waals surface area contributed by atoms with E-state index in [1.54, 1.807) is 29.5 Å². The van der Waals surface area contributed by atoms with Crippen LogP contribution in [0.2, 0.25) is 5.02 Å². The third-order valence-electron chi connectivity index (χ3n) is 7.31. The number of carbonyl (C=O) groups is 1. The van der Waals surface area contributed by atoms with Crippen molar-refractivity contribution in [2.24, 2.45) is 0 Å². The van der Waals surface area contributed by atoms with Gasteiger partial charge in [-0.25, -0.2) is 14.4 Å². The first-order chi connectivity index (χ1) is 16.6. The Kier molecular flexibility index (Phi) is 5.75. The fourth-order valence-electron chi connectivity index (χ4n) is 5.62. The number of hydrogen-bond acceptors (Lipinski definition) is 6. The van der Waals surface area contributed by atoms with Crippen LogP contribution in [0.3, 0.4) is 0 Å². The largest absolute Gasteiger partial charge is 0.340 e. The number of carbonyl (C=O) groups excluding carboxylic acids is 1. The van der Waals surface area contributed by atoms with Crippen LogP contribution in [0, 0.1) is 5.82 Å². The van der Waals surface area contributed by atoms with Crippen LogP contribution in [-0.2, 0) is 17.8 Å². The highest BCUT2D eigenvalue weighted by molar-refractivity contribution is 7.19. The number of anilines is 2. The number of rotatable bonds is 5. The topological polar surface area (TPSA) is 61.4 Å². The Morgan fingerprint density at radius 2 is 2.03 bits per heavy atom. The summed E-state index contributed by atoms with van der Waals surface area (Å²) in [6, 6.07) is 5.95. The maximum Gasteiger partial charge on any atom is 0.246 e. The Morgan fingerprint density at radius 1 is 1.24 bits per heavy atom. The number of hydrogen-bond donors (Lipinski definition) is 1. The van der Waals surface area contributed by atoms with Crippen molar-refractivity contribution >= 4 is 50.6 Å². The fourth-order valence-corrected chi connectivity index (χ4v) is 7.00. The highest BCUT2D eigenvalue weighted by atomic mass is 35.5. The molecule has 0 spiro atoms. The summed E-state index contributed by atoms with van der Waals surface area (Å²) in [6.45, 7) is 2.12. The molecule has 2 aromatic heterocycles. The van der Waals surface area contributed by atoms with Crippen molar-refractivity contribution in [3.8, 4) is 0 Å². The standard InChI is InChI=1S/C25H25ClFN5OS/c26-19-12-15(3-8-20(19)27)30-24-23-18-9-11-31(13-21(18)34-25(23)29-14-28-24)22(33)2-1-10-32-16-4-5-17(32)7-6-16/h1-3,8,12,14,16-17H,4-7,9-11,13H2,(H,28,29,30). The second-order valence-corrected chi connectivity index (χ2v) is 10.7. The van der Waals surface area contributed by atoms with E-state index in [0.717, 1.165) is 40.1 Å². The summed E-state index contributed by atoms with van der Waals surface area (Å²) in [7, 11) is 0. The summed E-state index contributed by atoms with van der Waals surface area (Å²) in [5, 5.41) is 4.29. The Labute approximate surface area is 206 Å². The molecule has 6 nitrogen and oxygen atoms in total. The van der Waals surface area contributed by atoms with E-state index in [1.807, 2.05) is 11.0 Å². The predicted octanol–water partition coefficient (Wildman–Crippen LogP) is 5.30. The van der Waals surface area contributed by atoms with E-state index in [-0.39, 0.29) is 10.9 Å². The summed E-state index contributed by atoms with van der Waals surface area (Å²) in [6.07, 6.45) is 11.3. The van der Waals surface area contributed by atoms with Crippen molar-refractivity contribution < 1.29 is 9.18 Å². The van der Waals surface area contributed by atoms with Gasteiger partial charge in [-0.15, -0.1) is 11.3 Å². The van der Waals surface area contributed by atoms with E-state index in [2.05, 4.69) is 20.2 Å². The van der Waals surface area contributed by atoms with E-state index in [4.69, 9.17) is 11.6 Å². The summed E-state index contributed by atoms with van der Waals surface area (Å²) in [4.78, 5) is 28.3. The molecular formula is C25H25ClFN5OS. The predicted molar refractivity (Wildman–Crippen MR) is 133 cm³/mol. The molecule has 0 saturated carbocycles. The molecule has 6 rings (SSSR count). The minimum Gasteiger partial charge on any atom is -0.340 e. The van der Waals surface area contributed by atoms with Crippen molar-refractivity contribution in [2.45, 2.75) is 50.7 Å². The van der Waals surface area contributed by atoms with Crippen LogP contribution in [0.15, 0.2) is 36.7 Å². The van der Waals surface area contributed by atoms with E-state index in [0.29, 0.717) is 24.6 Å². The van der Waals surface area contributed by atoms with Gasteiger partial charge < -0.3 is 10.2 Å². The van der Waals surface area contributed by atoms with Gasteiger partial charge in [0.2, 0.25) is 5.91 Å². The van der Waals surface area contributed by atoms with Gasteiger partial charge in [-0.05, 0) is 55.9 Å². The normalized spacial score (nSPS) is 22.1. The molecule has 3 aliphatic rings. The SMILES string of the molecule is O=C(C=CCN1C2CCC1CC2)N1CCc2c(sc3ncnc(Nc4ccc(F)c(Cl)c4)c23)C1. The first-order valence-corrected chi connectivity index (χ1v) is 12.9. The molecule has 1 N–H and O–H groups in total. The summed E-state index contributed by atoms with van der Waals surface area (Å²) in [5.41, 5.74) is 1.84. The molecule has 3 aliphatic heterocycles. The zero-order valence-corrected chi connectivity index (χ0v) is 20.2. The Hall–Kier alpha value is -2.55. The molecule has 2 saturated heterocycles. The molecular weight excluding hydrogens is 473 g/mol. The second-order valence-electron chi connectivity index (χ2n) is 9.23. The highest BCUT2D eigenvalue weighted by Crippen LogP contribution is 2.39. The lowest BCUT2D eigenvalue weighted by atomic mass is 10.0. The number of fused-ring (bicyclic) bond motifs is 5. The average Bonchev–Trinajstić information content (AvgIpc) is 3.53. The number of halogens is 2. The molecule has 2 bridgehead atoms. The molecule has 2 fully saturated rings. The van der Waals surface area contributed by atoms with Gasteiger partial charge in [-0.3, -0.25) is 9.69 Å². The fraction of sp³-hybridized carbons (Fsp3) is 0.400. The van der Waals surface area contributed by atoms with Crippen molar-refractivity contribution in [2.75, 3.05) is 18.4 Å². The summed E-state index contributed by atoms with van der Waals surface area (Å²) >= 11 is 7.54. The smallest absolute Gasteiger partial charge is 0.246 e. The first kappa shape index (κ1) is 21.9. The van der Waals surface area contributed by atoms with Crippen molar-refractivity contribution in [3.63, 3.8) is 0 Å². The third-order valence-corrected chi connectivity index (χ3v) is 8.73. The van der Waals surface area contributed by atoms with Crippen molar-refractivity contribution in [1.29, 1.82) is 0 Å². The van der Waals surface area contributed by atoms with Crippen LogP contribution < -0.4 is 5.32 Å². The van der Waals surface area contributed by atoms with E-state index in [1.165, 1.54) is 43.6 Å². The van der Waals surface area contributed by atoms with Crippen molar-refractivity contribution in [3.05, 3.63) is 58.0 Å². The second kappa shape index (κ2) is 8.91. The van der Waals surface area contributed by atoms with Gasteiger partial charge in [0.05, 0.1) is 17.0 Å². The molecule has 0 aliphatic carbocycles. The molecule has 0 radical (unpaired) electrons. The van der Waals surface area contributed by atoms with Crippen LogP contribution in [0.1, 0.15) is 36.1 Å². The Morgan fingerprint density at radius 3 is 2.79 bits per heavy atom. The molecule has 0 unspecified atom stereocenters. The van der Waals surface area contributed by atoms with Crippen LogP contribution in [0.25, 0.3) is 10.2 Å².